The first kappa shape index (κ1) is 25.2. The molecule has 3 aromatic rings. The predicted molar refractivity (Wildman–Crippen MR) is 150 cm³/mol. The Kier molecular flexibility index (Phi) is 8.45. The third kappa shape index (κ3) is 6.66. The number of benzene rings is 2. The van der Waals surface area contributed by atoms with Gasteiger partial charge in [0.2, 0.25) is 5.91 Å². The number of carbonyl (C=O) groups is 1. The predicted octanol–water partition coefficient (Wildman–Crippen LogP) is 5.88. The Balaban J connectivity index is 1.07. The Bertz CT molecular complexity index is 1170. The summed E-state index contributed by atoms with van der Waals surface area (Å²) in [7, 11) is 0. The largest absolute Gasteiger partial charge is 0.489 e. The second-order valence-corrected chi connectivity index (χ2v) is 12.4. The molecule has 5 nitrogen and oxygen atoms in total. The van der Waals surface area contributed by atoms with Gasteiger partial charge in [0.1, 0.15) is 11.9 Å². The van der Waals surface area contributed by atoms with Crippen molar-refractivity contribution in [2.24, 2.45) is 0 Å². The Labute approximate surface area is 227 Å². The topological polar surface area (TPSA) is 53.6 Å². The van der Waals surface area contributed by atoms with Gasteiger partial charge in [-0.05, 0) is 90.6 Å². The van der Waals surface area contributed by atoms with Crippen LogP contribution in [0.15, 0.2) is 51.4 Å². The fourth-order valence-corrected chi connectivity index (χ4v) is 7.15. The number of amides is 1. The number of carbonyl (C=O) groups excluding carboxylic acids is 1. The zero-order chi connectivity index (χ0) is 24.2. The van der Waals surface area contributed by atoms with Crippen molar-refractivity contribution < 1.29 is 9.53 Å². The highest BCUT2D eigenvalue weighted by Crippen LogP contribution is 2.32. The van der Waals surface area contributed by atoms with Gasteiger partial charge in [-0.2, -0.15) is 0 Å². The maximum Gasteiger partial charge on any atom is 0.225 e. The van der Waals surface area contributed by atoms with Crippen molar-refractivity contribution in [1.82, 2.24) is 15.5 Å². The lowest BCUT2D eigenvalue weighted by Gasteiger charge is -2.32. The number of thiophene rings is 1. The molecule has 0 aliphatic carbocycles. The molecule has 1 amide bonds. The normalized spacial score (nSPS) is 18.1. The summed E-state index contributed by atoms with van der Waals surface area (Å²) in [5, 5.41) is 7.83. The number of likely N-dealkylation sites (tertiary alicyclic amines) is 1. The van der Waals surface area contributed by atoms with Crippen LogP contribution >= 0.6 is 43.2 Å². The Hall–Kier alpha value is -1.45. The Morgan fingerprint density at radius 2 is 1.86 bits per heavy atom. The molecule has 186 valence electrons. The first-order chi connectivity index (χ1) is 17.0. The fraction of sp³-hybridized carbons (Fsp3) is 0.444. The zero-order valence-corrected chi connectivity index (χ0v) is 23.7. The van der Waals surface area contributed by atoms with Gasteiger partial charge in [0, 0.05) is 45.1 Å². The molecule has 3 heterocycles. The zero-order valence-electron chi connectivity index (χ0n) is 19.7. The SMILES string of the molecule is O=C(Cc1cc2c(Br)cccc2s1)NC1CCN(Cc2ccc(OC3CCNCC3)c(Br)c2)CC1. The summed E-state index contributed by atoms with van der Waals surface area (Å²) in [6.45, 7) is 4.96. The molecule has 2 N–H and O–H groups in total. The second kappa shape index (κ2) is 11.7. The number of piperidine rings is 2. The quantitative estimate of drug-likeness (QED) is 0.346. The molecule has 2 fully saturated rings. The van der Waals surface area contributed by atoms with Gasteiger partial charge in [-0.25, -0.2) is 0 Å². The number of nitrogens with one attached hydrogen (secondary N) is 2. The molecule has 0 bridgehead atoms. The van der Waals surface area contributed by atoms with E-state index in [1.165, 1.54) is 15.6 Å². The minimum absolute atomic E-state index is 0.124. The fourth-order valence-electron chi connectivity index (χ4n) is 4.93. The molecule has 35 heavy (non-hydrogen) atoms. The molecule has 0 unspecified atom stereocenters. The van der Waals surface area contributed by atoms with Gasteiger partial charge in [-0.15, -0.1) is 11.3 Å². The summed E-state index contributed by atoms with van der Waals surface area (Å²) in [6.07, 6.45) is 4.84. The summed E-state index contributed by atoms with van der Waals surface area (Å²) in [5.74, 6) is 1.06. The number of halogens is 2. The maximum absolute atomic E-state index is 12.7. The van der Waals surface area contributed by atoms with Crippen LogP contribution in [0.25, 0.3) is 10.1 Å². The summed E-state index contributed by atoms with van der Waals surface area (Å²) in [4.78, 5) is 16.3. The van der Waals surface area contributed by atoms with Crippen LogP contribution < -0.4 is 15.4 Å². The van der Waals surface area contributed by atoms with Gasteiger partial charge in [-0.3, -0.25) is 9.69 Å². The van der Waals surface area contributed by atoms with E-state index >= 15 is 0 Å². The summed E-state index contributed by atoms with van der Waals surface area (Å²) < 4.78 is 9.54. The van der Waals surface area contributed by atoms with E-state index in [1.54, 1.807) is 11.3 Å². The number of rotatable bonds is 7. The highest BCUT2D eigenvalue weighted by Gasteiger charge is 2.22. The van der Waals surface area contributed by atoms with E-state index < -0.39 is 0 Å². The third-order valence-corrected chi connectivity index (χ3v) is 9.24. The molecule has 0 saturated carbocycles. The number of ether oxygens (including phenoxy) is 1. The van der Waals surface area contributed by atoms with E-state index in [0.29, 0.717) is 12.5 Å². The molecule has 8 heteroatoms. The third-order valence-electron chi connectivity index (χ3n) is 6.83. The van der Waals surface area contributed by atoms with Crippen LogP contribution in [0, 0.1) is 0 Å². The standard InChI is InChI=1S/C27H31Br2N3O2S/c28-23-2-1-3-26-22(23)15-21(35-26)16-27(33)31-19-8-12-32(13-9-19)17-18-4-5-25(24(29)14-18)34-20-6-10-30-11-7-20/h1-5,14-15,19-20,30H,6-13,16-17H2,(H,31,33). The van der Waals surface area contributed by atoms with Gasteiger partial charge >= 0.3 is 0 Å². The van der Waals surface area contributed by atoms with E-state index in [1.807, 2.05) is 12.1 Å². The van der Waals surface area contributed by atoms with E-state index in [-0.39, 0.29) is 11.9 Å². The van der Waals surface area contributed by atoms with Gasteiger partial charge in [0.05, 0.1) is 10.9 Å². The van der Waals surface area contributed by atoms with Crippen molar-refractivity contribution >= 4 is 59.2 Å². The minimum Gasteiger partial charge on any atom is -0.489 e. The Morgan fingerprint density at radius 1 is 1.06 bits per heavy atom. The van der Waals surface area contributed by atoms with Crippen molar-refractivity contribution in [3.05, 3.63) is 61.9 Å². The lowest BCUT2D eigenvalue weighted by atomic mass is 10.0. The molecule has 0 spiro atoms. The first-order valence-electron chi connectivity index (χ1n) is 12.4. The molecule has 5 rings (SSSR count). The lowest BCUT2D eigenvalue weighted by Crippen LogP contribution is -2.44. The van der Waals surface area contributed by atoms with Crippen molar-refractivity contribution in [3.8, 4) is 5.75 Å². The average Bonchev–Trinajstić information content (AvgIpc) is 3.26. The van der Waals surface area contributed by atoms with Gasteiger partial charge in [0.15, 0.2) is 0 Å². The first-order valence-corrected chi connectivity index (χ1v) is 14.8. The smallest absolute Gasteiger partial charge is 0.225 e. The maximum atomic E-state index is 12.7. The highest BCUT2D eigenvalue weighted by atomic mass is 79.9. The van der Waals surface area contributed by atoms with Gasteiger partial charge in [0.25, 0.3) is 0 Å². The number of hydrogen-bond donors (Lipinski definition) is 2. The van der Waals surface area contributed by atoms with Gasteiger partial charge in [-0.1, -0.05) is 28.1 Å². The van der Waals surface area contributed by atoms with Crippen molar-refractivity contribution in [2.75, 3.05) is 26.2 Å². The summed E-state index contributed by atoms with van der Waals surface area (Å²) in [6, 6.07) is 15.0. The van der Waals surface area contributed by atoms with Crippen LogP contribution in [0.4, 0.5) is 0 Å². The lowest BCUT2D eigenvalue weighted by molar-refractivity contribution is -0.121. The van der Waals surface area contributed by atoms with Crippen LogP contribution in [0.1, 0.15) is 36.1 Å². The highest BCUT2D eigenvalue weighted by molar-refractivity contribution is 9.11. The molecule has 0 radical (unpaired) electrons. The minimum atomic E-state index is 0.124. The number of hydrogen-bond acceptors (Lipinski definition) is 5. The molecule has 2 aliphatic heterocycles. The Morgan fingerprint density at radius 3 is 2.60 bits per heavy atom. The van der Waals surface area contributed by atoms with E-state index in [4.69, 9.17) is 4.74 Å². The molecule has 2 saturated heterocycles. The van der Waals surface area contributed by atoms with E-state index in [2.05, 4.69) is 77.7 Å². The van der Waals surface area contributed by atoms with Crippen LogP contribution in [0.5, 0.6) is 5.75 Å². The molecule has 0 atom stereocenters. The molecule has 2 aliphatic rings. The van der Waals surface area contributed by atoms with Crippen molar-refractivity contribution in [1.29, 1.82) is 0 Å². The van der Waals surface area contributed by atoms with Crippen molar-refractivity contribution in [2.45, 2.75) is 50.8 Å². The van der Waals surface area contributed by atoms with Crippen LogP contribution in [0.3, 0.4) is 0 Å². The van der Waals surface area contributed by atoms with Gasteiger partial charge < -0.3 is 15.4 Å². The van der Waals surface area contributed by atoms with E-state index in [0.717, 1.165) is 78.0 Å². The van der Waals surface area contributed by atoms with E-state index in [9.17, 15) is 4.79 Å². The van der Waals surface area contributed by atoms with Crippen LogP contribution in [-0.2, 0) is 17.8 Å². The molecular formula is C27H31Br2N3O2S. The van der Waals surface area contributed by atoms with Crippen LogP contribution in [0.2, 0.25) is 0 Å². The molecular weight excluding hydrogens is 590 g/mol. The molecule has 2 aromatic carbocycles. The van der Waals surface area contributed by atoms with Crippen molar-refractivity contribution in [3.63, 3.8) is 0 Å². The number of nitrogens with zero attached hydrogens (tertiary/aromatic N) is 1. The molecule has 1 aromatic heterocycles. The summed E-state index contributed by atoms with van der Waals surface area (Å²) >= 11 is 9.01. The summed E-state index contributed by atoms with van der Waals surface area (Å²) in [5.41, 5.74) is 1.29. The van der Waals surface area contributed by atoms with Crippen LogP contribution in [-0.4, -0.2) is 49.1 Å². The average molecular weight is 621 g/mol. The monoisotopic (exact) mass is 619 g/mol. The number of fused-ring (bicyclic) bond motifs is 1. The second-order valence-electron chi connectivity index (χ2n) is 9.49.